The molecule has 2 heterocycles. The molecule has 1 aliphatic rings. The van der Waals surface area contributed by atoms with Crippen LogP contribution in [0.4, 0.5) is 4.39 Å². The number of aryl methyl sites for hydroxylation is 1. The summed E-state index contributed by atoms with van der Waals surface area (Å²) in [7, 11) is 0. The molecule has 25 heavy (non-hydrogen) atoms. The fraction of sp³-hybridized carbons (Fsp3) is 0.200. The molecule has 0 saturated heterocycles. The first-order chi connectivity index (χ1) is 12.1. The quantitative estimate of drug-likeness (QED) is 0.680. The molecule has 2 aromatic carbocycles. The molecule has 0 aliphatic carbocycles. The van der Waals surface area contributed by atoms with E-state index in [0.717, 1.165) is 22.0 Å². The van der Waals surface area contributed by atoms with Gasteiger partial charge in [-0.3, -0.25) is 4.79 Å². The molecule has 0 spiro atoms. The number of carbonyl (C=O) groups is 1. The van der Waals surface area contributed by atoms with Crippen LogP contribution in [-0.2, 0) is 6.54 Å². The number of benzene rings is 2. The van der Waals surface area contributed by atoms with Gasteiger partial charge in [0.1, 0.15) is 12.4 Å². The van der Waals surface area contributed by atoms with Crippen molar-refractivity contribution in [1.82, 2.24) is 9.88 Å². The Hall–Kier alpha value is -2.95. The van der Waals surface area contributed by atoms with Crippen LogP contribution in [0, 0.1) is 12.7 Å². The Labute approximate surface area is 144 Å². The van der Waals surface area contributed by atoms with Crippen LogP contribution < -0.4 is 4.74 Å². The summed E-state index contributed by atoms with van der Waals surface area (Å²) in [5.74, 6) is 0.0872. The molecule has 0 fully saturated rings. The van der Waals surface area contributed by atoms with Gasteiger partial charge in [0, 0.05) is 16.5 Å². The van der Waals surface area contributed by atoms with E-state index in [4.69, 9.17) is 4.74 Å². The van der Waals surface area contributed by atoms with Crippen molar-refractivity contribution in [2.75, 3.05) is 13.2 Å². The van der Waals surface area contributed by atoms with Gasteiger partial charge in [0.15, 0.2) is 0 Å². The minimum Gasteiger partial charge on any atom is -0.476 e. The SMILES string of the molecule is Cc1cccc2cc3c(nc12)OCCN(C(=O)c1ccc(F)cc1)C3. The van der Waals surface area contributed by atoms with Crippen LogP contribution in [0.25, 0.3) is 10.9 Å². The monoisotopic (exact) mass is 336 g/mol. The second-order valence-electron chi connectivity index (χ2n) is 6.18. The van der Waals surface area contributed by atoms with Crippen molar-refractivity contribution in [3.63, 3.8) is 0 Å². The number of hydrogen-bond donors (Lipinski definition) is 0. The average molecular weight is 336 g/mol. The van der Waals surface area contributed by atoms with E-state index >= 15 is 0 Å². The second-order valence-corrected chi connectivity index (χ2v) is 6.18. The molecule has 1 aromatic heterocycles. The Morgan fingerprint density at radius 1 is 1.20 bits per heavy atom. The van der Waals surface area contributed by atoms with Crippen LogP contribution >= 0.6 is 0 Å². The summed E-state index contributed by atoms with van der Waals surface area (Å²) in [6.45, 7) is 3.28. The van der Waals surface area contributed by atoms with Crippen LogP contribution in [0.15, 0.2) is 48.5 Å². The van der Waals surface area contributed by atoms with Gasteiger partial charge in [0.2, 0.25) is 5.88 Å². The number of nitrogens with zero attached hydrogens (tertiary/aromatic N) is 2. The Kier molecular flexibility index (Phi) is 3.84. The number of amides is 1. The number of pyridine rings is 1. The topological polar surface area (TPSA) is 42.4 Å². The molecule has 1 aliphatic heterocycles. The van der Waals surface area contributed by atoms with Gasteiger partial charge >= 0.3 is 0 Å². The third-order valence-corrected chi connectivity index (χ3v) is 4.43. The van der Waals surface area contributed by atoms with Gasteiger partial charge in [0.05, 0.1) is 18.6 Å². The molecular weight excluding hydrogens is 319 g/mol. The predicted molar refractivity (Wildman–Crippen MR) is 93.1 cm³/mol. The first-order valence-electron chi connectivity index (χ1n) is 8.19. The zero-order valence-electron chi connectivity index (χ0n) is 13.8. The lowest BCUT2D eigenvalue weighted by Crippen LogP contribution is -2.32. The number of rotatable bonds is 1. The molecule has 1 amide bonds. The number of fused-ring (bicyclic) bond motifs is 2. The van der Waals surface area contributed by atoms with Crippen LogP contribution in [0.2, 0.25) is 0 Å². The minimum absolute atomic E-state index is 0.138. The van der Waals surface area contributed by atoms with E-state index in [1.807, 2.05) is 31.2 Å². The first-order valence-corrected chi connectivity index (χ1v) is 8.19. The fourth-order valence-electron chi connectivity index (χ4n) is 3.10. The maximum atomic E-state index is 13.1. The lowest BCUT2D eigenvalue weighted by Gasteiger charge is -2.20. The number of ether oxygens (including phenoxy) is 1. The van der Waals surface area contributed by atoms with Crippen LogP contribution in [-0.4, -0.2) is 28.9 Å². The summed E-state index contributed by atoms with van der Waals surface area (Å²) in [5.41, 5.74) is 3.35. The zero-order chi connectivity index (χ0) is 17.4. The van der Waals surface area contributed by atoms with E-state index in [2.05, 4.69) is 4.98 Å². The van der Waals surface area contributed by atoms with Gasteiger partial charge in [-0.05, 0) is 42.8 Å². The van der Waals surface area contributed by atoms with Crippen molar-refractivity contribution in [1.29, 1.82) is 0 Å². The van der Waals surface area contributed by atoms with E-state index < -0.39 is 0 Å². The summed E-state index contributed by atoms with van der Waals surface area (Å²) >= 11 is 0. The fourth-order valence-corrected chi connectivity index (χ4v) is 3.10. The highest BCUT2D eigenvalue weighted by atomic mass is 19.1. The number of hydrogen-bond acceptors (Lipinski definition) is 3. The molecule has 0 saturated carbocycles. The summed E-state index contributed by atoms with van der Waals surface area (Å²) in [5, 5.41) is 1.03. The van der Waals surface area contributed by atoms with E-state index in [9.17, 15) is 9.18 Å². The molecule has 0 bridgehead atoms. The Bertz CT molecular complexity index is 954. The summed E-state index contributed by atoms with van der Waals surface area (Å²) in [4.78, 5) is 19.1. The standard InChI is InChI=1S/C20H17FN2O2/c1-13-3-2-4-15-11-16-12-23(9-10-25-19(16)22-18(13)15)20(24)14-5-7-17(21)8-6-14/h2-8,11H,9-10,12H2,1H3. The molecule has 4 nitrogen and oxygen atoms in total. The molecule has 0 unspecified atom stereocenters. The van der Waals surface area contributed by atoms with Gasteiger partial charge in [0.25, 0.3) is 5.91 Å². The Morgan fingerprint density at radius 3 is 2.80 bits per heavy atom. The third-order valence-electron chi connectivity index (χ3n) is 4.43. The van der Waals surface area contributed by atoms with Crippen LogP contribution in [0.1, 0.15) is 21.5 Å². The van der Waals surface area contributed by atoms with E-state index in [1.165, 1.54) is 24.3 Å². The number of para-hydroxylation sites is 1. The van der Waals surface area contributed by atoms with Crippen LogP contribution in [0.5, 0.6) is 5.88 Å². The largest absolute Gasteiger partial charge is 0.476 e. The van der Waals surface area contributed by atoms with E-state index in [-0.39, 0.29) is 11.7 Å². The molecule has 0 radical (unpaired) electrons. The maximum Gasteiger partial charge on any atom is 0.254 e. The highest BCUT2D eigenvalue weighted by Gasteiger charge is 2.22. The van der Waals surface area contributed by atoms with Crippen molar-refractivity contribution in [2.45, 2.75) is 13.5 Å². The molecular formula is C20H17FN2O2. The maximum absolute atomic E-state index is 13.1. The van der Waals surface area contributed by atoms with Crippen molar-refractivity contribution < 1.29 is 13.9 Å². The molecule has 5 heteroatoms. The number of aromatic nitrogens is 1. The smallest absolute Gasteiger partial charge is 0.254 e. The molecule has 126 valence electrons. The molecule has 3 aromatic rings. The Balaban J connectivity index is 1.69. The van der Waals surface area contributed by atoms with Crippen molar-refractivity contribution >= 4 is 16.8 Å². The summed E-state index contributed by atoms with van der Waals surface area (Å²) in [6, 6.07) is 13.7. The van der Waals surface area contributed by atoms with E-state index in [0.29, 0.717) is 31.1 Å². The lowest BCUT2D eigenvalue weighted by atomic mass is 10.1. The van der Waals surface area contributed by atoms with Crippen molar-refractivity contribution in [2.24, 2.45) is 0 Å². The van der Waals surface area contributed by atoms with Gasteiger partial charge in [-0.25, -0.2) is 9.37 Å². The average Bonchev–Trinajstić information content (AvgIpc) is 2.82. The minimum atomic E-state index is -0.355. The van der Waals surface area contributed by atoms with Crippen molar-refractivity contribution in [3.8, 4) is 5.88 Å². The Morgan fingerprint density at radius 2 is 2.00 bits per heavy atom. The van der Waals surface area contributed by atoms with Gasteiger partial charge in [-0.15, -0.1) is 0 Å². The number of halogens is 1. The first kappa shape index (κ1) is 15.6. The number of carbonyl (C=O) groups excluding carboxylic acids is 1. The third kappa shape index (κ3) is 2.93. The summed E-state index contributed by atoms with van der Waals surface area (Å²) < 4.78 is 18.9. The highest BCUT2D eigenvalue weighted by molar-refractivity contribution is 5.94. The van der Waals surface area contributed by atoms with Crippen LogP contribution in [0.3, 0.4) is 0 Å². The van der Waals surface area contributed by atoms with Gasteiger partial charge in [-0.2, -0.15) is 0 Å². The molecule has 4 rings (SSSR count). The molecule has 0 atom stereocenters. The summed E-state index contributed by atoms with van der Waals surface area (Å²) in [6.07, 6.45) is 0. The van der Waals surface area contributed by atoms with E-state index in [1.54, 1.807) is 4.90 Å². The van der Waals surface area contributed by atoms with Gasteiger partial charge in [-0.1, -0.05) is 18.2 Å². The normalized spacial score (nSPS) is 13.9. The zero-order valence-corrected chi connectivity index (χ0v) is 13.8. The van der Waals surface area contributed by atoms with Crippen molar-refractivity contribution in [3.05, 3.63) is 71.0 Å². The lowest BCUT2D eigenvalue weighted by molar-refractivity contribution is 0.0733. The highest BCUT2D eigenvalue weighted by Crippen LogP contribution is 2.27. The van der Waals surface area contributed by atoms with Gasteiger partial charge < -0.3 is 9.64 Å². The second kappa shape index (κ2) is 6.16. The predicted octanol–water partition coefficient (Wildman–Crippen LogP) is 3.72. The molecule has 0 N–H and O–H groups in total.